The molecule has 2 amide bonds. The van der Waals surface area contributed by atoms with Crippen molar-refractivity contribution in [2.45, 2.75) is 44.9 Å². The number of aryl methyl sites for hydroxylation is 1. The standard InChI is InChI=1S/C23H27N3O4/c27-21-11-8-17-13-18(9-10-19(17)25-21)29-15-22(28)26-23-20(7-4-12-24-23)30-14-16-5-2-1-3-6-16/h4,7,9-10,12-13,16H,1-3,5-6,8,11,14-15H2,(H,25,27)(H,24,26,28). The number of ether oxygens (including phenoxy) is 2. The summed E-state index contributed by atoms with van der Waals surface area (Å²) in [7, 11) is 0. The molecule has 0 saturated heterocycles. The summed E-state index contributed by atoms with van der Waals surface area (Å²) in [5, 5.41) is 5.61. The highest BCUT2D eigenvalue weighted by molar-refractivity contribution is 5.94. The van der Waals surface area contributed by atoms with E-state index in [1.807, 2.05) is 12.1 Å². The van der Waals surface area contributed by atoms with E-state index >= 15 is 0 Å². The molecule has 7 heteroatoms. The molecule has 1 fully saturated rings. The maximum Gasteiger partial charge on any atom is 0.263 e. The summed E-state index contributed by atoms with van der Waals surface area (Å²) < 4.78 is 11.6. The number of benzene rings is 1. The van der Waals surface area contributed by atoms with Crippen LogP contribution in [0.5, 0.6) is 11.5 Å². The van der Waals surface area contributed by atoms with Gasteiger partial charge in [-0.25, -0.2) is 4.98 Å². The van der Waals surface area contributed by atoms with E-state index in [1.165, 1.54) is 32.1 Å². The van der Waals surface area contributed by atoms with Gasteiger partial charge in [0.05, 0.1) is 6.61 Å². The monoisotopic (exact) mass is 409 g/mol. The number of carbonyl (C=O) groups excluding carboxylic acids is 2. The summed E-state index contributed by atoms with van der Waals surface area (Å²) in [6.07, 6.45) is 8.97. The number of fused-ring (bicyclic) bond motifs is 1. The molecule has 1 aliphatic heterocycles. The van der Waals surface area contributed by atoms with Crippen LogP contribution in [0.15, 0.2) is 36.5 Å². The Labute approximate surface area is 176 Å². The van der Waals surface area contributed by atoms with E-state index in [-0.39, 0.29) is 18.4 Å². The number of hydrogen-bond acceptors (Lipinski definition) is 5. The third-order valence-electron chi connectivity index (χ3n) is 5.57. The fourth-order valence-electron chi connectivity index (χ4n) is 3.93. The Hall–Kier alpha value is -3.09. The van der Waals surface area contributed by atoms with Gasteiger partial charge in [-0.1, -0.05) is 19.3 Å². The van der Waals surface area contributed by atoms with Gasteiger partial charge in [0.1, 0.15) is 5.75 Å². The van der Waals surface area contributed by atoms with Gasteiger partial charge in [-0.2, -0.15) is 0 Å². The SMILES string of the molecule is O=C1CCc2cc(OCC(=O)Nc3ncccc3OCC3CCCCC3)ccc2N1. The molecule has 7 nitrogen and oxygen atoms in total. The molecule has 158 valence electrons. The average molecular weight is 409 g/mol. The first-order chi connectivity index (χ1) is 14.7. The number of nitrogens with zero attached hydrogens (tertiary/aromatic N) is 1. The van der Waals surface area contributed by atoms with E-state index in [4.69, 9.17) is 9.47 Å². The Morgan fingerprint density at radius 3 is 2.87 bits per heavy atom. The first-order valence-corrected chi connectivity index (χ1v) is 10.6. The molecular weight excluding hydrogens is 382 g/mol. The van der Waals surface area contributed by atoms with Gasteiger partial charge in [0.25, 0.3) is 5.91 Å². The van der Waals surface area contributed by atoms with Crippen LogP contribution in [0.2, 0.25) is 0 Å². The summed E-state index contributed by atoms with van der Waals surface area (Å²) in [4.78, 5) is 28.1. The Morgan fingerprint density at radius 1 is 1.13 bits per heavy atom. The molecule has 2 N–H and O–H groups in total. The molecule has 4 rings (SSSR count). The number of amides is 2. The minimum Gasteiger partial charge on any atom is -0.489 e. The average Bonchev–Trinajstić information content (AvgIpc) is 2.78. The third-order valence-corrected chi connectivity index (χ3v) is 5.57. The van der Waals surface area contributed by atoms with Gasteiger partial charge < -0.3 is 20.1 Å². The minimum absolute atomic E-state index is 0.0208. The zero-order chi connectivity index (χ0) is 20.8. The fraction of sp³-hybridized carbons (Fsp3) is 0.435. The number of rotatable bonds is 7. The van der Waals surface area contributed by atoms with Crippen molar-refractivity contribution in [2.24, 2.45) is 5.92 Å². The van der Waals surface area contributed by atoms with E-state index in [2.05, 4.69) is 15.6 Å². The van der Waals surface area contributed by atoms with E-state index in [9.17, 15) is 9.59 Å². The first kappa shape index (κ1) is 20.2. The molecule has 0 radical (unpaired) electrons. The second-order valence-corrected chi connectivity index (χ2v) is 7.87. The number of aromatic nitrogens is 1. The van der Waals surface area contributed by atoms with Crippen LogP contribution in [0.1, 0.15) is 44.1 Å². The Morgan fingerprint density at radius 2 is 2.00 bits per heavy atom. The Balaban J connectivity index is 1.30. The first-order valence-electron chi connectivity index (χ1n) is 10.6. The van der Waals surface area contributed by atoms with Gasteiger partial charge in [-0.15, -0.1) is 0 Å². The lowest BCUT2D eigenvalue weighted by Gasteiger charge is -2.22. The van der Waals surface area contributed by atoms with Crippen molar-refractivity contribution >= 4 is 23.3 Å². The highest BCUT2D eigenvalue weighted by Crippen LogP contribution is 2.28. The summed E-state index contributed by atoms with van der Waals surface area (Å²) in [5.74, 6) is 1.88. The van der Waals surface area contributed by atoms with E-state index in [0.29, 0.717) is 42.7 Å². The second kappa shape index (κ2) is 9.61. The summed E-state index contributed by atoms with van der Waals surface area (Å²) >= 11 is 0. The summed E-state index contributed by atoms with van der Waals surface area (Å²) in [6, 6.07) is 9.03. The normalized spacial score (nSPS) is 16.3. The fourth-order valence-corrected chi connectivity index (χ4v) is 3.93. The molecule has 1 aromatic carbocycles. The lowest BCUT2D eigenvalue weighted by atomic mass is 9.90. The van der Waals surface area contributed by atoms with Gasteiger partial charge in [0.15, 0.2) is 18.2 Å². The summed E-state index contributed by atoms with van der Waals surface area (Å²) in [5.41, 5.74) is 1.81. The molecule has 2 aliphatic rings. The van der Waals surface area contributed by atoms with Crippen LogP contribution in [0.25, 0.3) is 0 Å². The molecular formula is C23H27N3O4. The number of anilines is 2. The van der Waals surface area contributed by atoms with Crippen molar-refractivity contribution in [3.63, 3.8) is 0 Å². The van der Waals surface area contributed by atoms with E-state index < -0.39 is 0 Å². The molecule has 1 aromatic heterocycles. The highest BCUT2D eigenvalue weighted by Gasteiger charge is 2.17. The zero-order valence-electron chi connectivity index (χ0n) is 17.0. The molecule has 2 heterocycles. The molecule has 1 aliphatic carbocycles. The van der Waals surface area contributed by atoms with Crippen molar-refractivity contribution < 1.29 is 19.1 Å². The third kappa shape index (κ3) is 5.28. The van der Waals surface area contributed by atoms with Crippen LogP contribution >= 0.6 is 0 Å². The number of carbonyl (C=O) groups is 2. The zero-order valence-corrected chi connectivity index (χ0v) is 17.0. The van der Waals surface area contributed by atoms with Crippen LogP contribution < -0.4 is 20.1 Å². The van der Waals surface area contributed by atoms with Crippen molar-refractivity contribution in [3.05, 3.63) is 42.1 Å². The van der Waals surface area contributed by atoms with Gasteiger partial charge in [0.2, 0.25) is 5.91 Å². The van der Waals surface area contributed by atoms with E-state index in [0.717, 1.165) is 11.3 Å². The quantitative estimate of drug-likeness (QED) is 0.723. The molecule has 0 atom stereocenters. The molecule has 0 spiro atoms. The Kier molecular flexibility index (Phi) is 6.47. The van der Waals surface area contributed by atoms with Crippen molar-refractivity contribution in [2.75, 3.05) is 23.8 Å². The Bertz CT molecular complexity index is 909. The lowest BCUT2D eigenvalue weighted by molar-refractivity contribution is -0.118. The molecule has 1 saturated carbocycles. The van der Waals surface area contributed by atoms with Crippen LogP contribution in [0.3, 0.4) is 0 Å². The number of pyridine rings is 1. The lowest BCUT2D eigenvalue weighted by Crippen LogP contribution is -2.22. The largest absolute Gasteiger partial charge is 0.489 e. The van der Waals surface area contributed by atoms with Gasteiger partial charge in [-0.05, 0) is 61.1 Å². The number of nitrogens with one attached hydrogen (secondary N) is 2. The van der Waals surface area contributed by atoms with Crippen molar-refractivity contribution in [1.82, 2.24) is 4.98 Å². The maximum absolute atomic E-state index is 12.4. The highest BCUT2D eigenvalue weighted by atomic mass is 16.5. The van der Waals surface area contributed by atoms with Crippen molar-refractivity contribution in [3.8, 4) is 11.5 Å². The summed E-state index contributed by atoms with van der Waals surface area (Å²) in [6.45, 7) is 0.514. The molecule has 0 bridgehead atoms. The predicted octanol–water partition coefficient (Wildman–Crippen LogP) is 3.94. The molecule has 2 aromatic rings. The number of hydrogen-bond donors (Lipinski definition) is 2. The predicted molar refractivity (Wildman–Crippen MR) is 114 cm³/mol. The van der Waals surface area contributed by atoms with Crippen LogP contribution in [-0.4, -0.2) is 30.0 Å². The second-order valence-electron chi connectivity index (χ2n) is 7.87. The molecule has 0 unspecified atom stereocenters. The minimum atomic E-state index is -0.303. The maximum atomic E-state index is 12.4. The van der Waals surface area contributed by atoms with Gasteiger partial charge >= 0.3 is 0 Å². The van der Waals surface area contributed by atoms with E-state index in [1.54, 1.807) is 24.4 Å². The van der Waals surface area contributed by atoms with Gasteiger partial charge in [0, 0.05) is 18.3 Å². The van der Waals surface area contributed by atoms with Crippen LogP contribution in [0, 0.1) is 5.92 Å². The van der Waals surface area contributed by atoms with Gasteiger partial charge in [-0.3, -0.25) is 9.59 Å². The van der Waals surface area contributed by atoms with Crippen LogP contribution in [-0.2, 0) is 16.0 Å². The van der Waals surface area contributed by atoms with Crippen molar-refractivity contribution in [1.29, 1.82) is 0 Å². The van der Waals surface area contributed by atoms with Crippen LogP contribution in [0.4, 0.5) is 11.5 Å². The molecule has 30 heavy (non-hydrogen) atoms. The smallest absolute Gasteiger partial charge is 0.263 e. The topological polar surface area (TPSA) is 89.6 Å².